The average molecular weight is 410 g/mol. The number of benzene rings is 1. The molecule has 2 atom stereocenters. The normalized spacial score (nSPS) is 18.9. The van der Waals surface area contributed by atoms with E-state index in [0.717, 1.165) is 0 Å². The molecule has 0 aliphatic carbocycles. The number of anilines is 1. The van der Waals surface area contributed by atoms with Crippen molar-refractivity contribution in [3.05, 3.63) is 29.8 Å². The van der Waals surface area contributed by atoms with Crippen LogP contribution >= 0.6 is 0 Å². The monoisotopic (exact) mass is 410 g/mol. The molecule has 1 heterocycles. The zero-order valence-corrected chi connectivity index (χ0v) is 17.1. The Morgan fingerprint density at radius 3 is 2.39 bits per heavy atom. The van der Waals surface area contributed by atoms with Crippen LogP contribution in [0, 0.1) is 0 Å². The number of nitrogens with zero attached hydrogens (tertiary/aromatic N) is 1. The van der Waals surface area contributed by atoms with Crippen LogP contribution < -0.4 is 5.32 Å². The third-order valence-electron chi connectivity index (χ3n) is 4.72. The van der Waals surface area contributed by atoms with E-state index in [1.54, 1.807) is 12.1 Å². The molecule has 8 nitrogen and oxygen atoms in total. The van der Waals surface area contributed by atoms with Gasteiger partial charge in [0.25, 0.3) is 5.91 Å². The van der Waals surface area contributed by atoms with E-state index >= 15 is 0 Å². The molecule has 1 fully saturated rings. The van der Waals surface area contributed by atoms with Gasteiger partial charge in [-0.15, -0.1) is 0 Å². The van der Waals surface area contributed by atoms with Gasteiger partial charge in [0.2, 0.25) is 5.91 Å². The number of rotatable bonds is 7. The molecule has 0 radical (unpaired) electrons. The van der Waals surface area contributed by atoms with Crippen LogP contribution in [0.25, 0.3) is 0 Å². The third kappa shape index (κ3) is 5.79. The molecule has 0 unspecified atom stereocenters. The fourth-order valence-electron chi connectivity index (χ4n) is 3.18. The zero-order chi connectivity index (χ0) is 20.9. The summed E-state index contributed by atoms with van der Waals surface area (Å²) in [5.74, 6) is -1.27. The van der Waals surface area contributed by atoms with Crippen molar-refractivity contribution in [1.29, 1.82) is 0 Å². The van der Waals surface area contributed by atoms with Gasteiger partial charge in [-0.2, -0.15) is 0 Å². The number of sulfone groups is 1. The minimum absolute atomic E-state index is 0.0539. The lowest BCUT2D eigenvalue weighted by Crippen LogP contribution is -2.48. The second kappa shape index (κ2) is 9.18. The molecule has 2 amide bonds. The average Bonchev–Trinajstić information content (AvgIpc) is 2.99. The van der Waals surface area contributed by atoms with Crippen molar-refractivity contribution in [2.75, 3.05) is 23.4 Å². The Balaban J connectivity index is 1.99. The van der Waals surface area contributed by atoms with Crippen molar-refractivity contribution in [2.45, 2.75) is 45.7 Å². The number of nitrogens with one attached hydrogen (secondary N) is 1. The van der Waals surface area contributed by atoms with E-state index in [4.69, 9.17) is 4.74 Å². The summed E-state index contributed by atoms with van der Waals surface area (Å²) in [7, 11) is -3.13. The smallest absolute Gasteiger partial charge is 0.338 e. The quantitative estimate of drug-likeness (QED) is 0.684. The maximum Gasteiger partial charge on any atom is 0.338 e. The lowest BCUT2D eigenvalue weighted by molar-refractivity contribution is -0.138. The van der Waals surface area contributed by atoms with E-state index in [1.807, 2.05) is 13.8 Å². The molecule has 1 saturated heterocycles. The predicted octanol–water partition coefficient (Wildman–Crippen LogP) is 1.62. The molecule has 1 aliphatic heterocycles. The molecule has 0 spiro atoms. The van der Waals surface area contributed by atoms with E-state index in [0.29, 0.717) is 18.5 Å². The molecule has 9 heteroatoms. The predicted molar refractivity (Wildman–Crippen MR) is 105 cm³/mol. The first-order chi connectivity index (χ1) is 13.1. The number of hydrogen-bond acceptors (Lipinski definition) is 6. The number of amides is 2. The van der Waals surface area contributed by atoms with Gasteiger partial charge in [0, 0.05) is 24.7 Å². The van der Waals surface area contributed by atoms with Gasteiger partial charge < -0.3 is 15.0 Å². The van der Waals surface area contributed by atoms with Crippen LogP contribution in [-0.2, 0) is 24.2 Å². The van der Waals surface area contributed by atoms with Crippen LogP contribution in [0.2, 0.25) is 0 Å². The summed E-state index contributed by atoms with van der Waals surface area (Å²) in [6.07, 6.45) is 1.07. The Hall–Kier alpha value is -2.42. The highest BCUT2D eigenvalue weighted by Gasteiger charge is 2.36. The van der Waals surface area contributed by atoms with Crippen LogP contribution in [0.3, 0.4) is 0 Å². The van der Waals surface area contributed by atoms with E-state index in [-0.39, 0.29) is 35.1 Å². The summed E-state index contributed by atoms with van der Waals surface area (Å²) < 4.78 is 28.7. The highest BCUT2D eigenvalue weighted by Crippen LogP contribution is 2.21. The molecule has 1 N–H and O–H groups in total. The van der Waals surface area contributed by atoms with Crippen LogP contribution in [0.1, 0.15) is 44.0 Å². The molecule has 0 aromatic heterocycles. The maximum atomic E-state index is 12.7. The van der Waals surface area contributed by atoms with E-state index in [2.05, 4.69) is 5.32 Å². The van der Waals surface area contributed by atoms with Gasteiger partial charge in [0.05, 0.1) is 17.1 Å². The van der Waals surface area contributed by atoms with Crippen molar-refractivity contribution < 1.29 is 27.5 Å². The molecule has 0 saturated carbocycles. The summed E-state index contributed by atoms with van der Waals surface area (Å²) in [6, 6.07) is 5.58. The third-order valence-corrected chi connectivity index (χ3v) is 6.47. The Labute approximate surface area is 165 Å². The highest BCUT2D eigenvalue weighted by atomic mass is 32.2. The second-order valence-corrected chi connectivity index (χ2v) is 9.18. The minimum atomic E-state index is -3.13. The van der Waals surface area contributed by atoms with E-state index < -0.39 is 28.3 Å². The number of hydrogen-bond donors (Lipinski definition) is 1. The van der Waals surface area contributed by atoms with Gasteiger partial charge in [-0.05, 0) is 44.0 Å². The summed E-state index contributed by atoms with van der Waals surface area (Å²) in [5, 5.41) is 2.59. The number of esters is 1. The molecular formula is C19H26N2O6S. The molecule has 154 valence electrons. The lowest BCUT2D eigenvalue weighted by Gasteiger charge is -2.33. The van der Waals surface area contributed by atoms with Crippen LogP contribution in [0.4, 0.5) is 5.69 Å². The summed E-state index contributed by atoms with van der Waals surface area (Å²) in [4.78, 5) is 37.4. The molecule has 28 heavy (non-hydrogen) atoms. The Bertz CT molecular complexity index is 834. The van der Waals surface area contributed by atoms with E-state index in [1.165, 1.54) is 24.0 Å². The number of carbonyl (C=O) groups is 3. The topological polar surface area (TPSA) is 110 Å². The van der Waals surface area contributed by atoms with Crippen molar-refractivity contribution >= 4 is 33.3 Å². The Morgan fingerprint density at radius 2 is 1.89 bits per heavy atom. The molecule has 1 aromatic rings. The fraction of sp³-hybridized carbons (Fsp3) is 0.526. The van der Waals surface area contributed by atoms with Crippen molar-refractivity contribution in [3.63, 3.8) is 0 Å². The van der Waals surface area contributed by atoms with Gasteiger partial charge in [0.15, 0.2) is 16.4 Å². The number of ether oxygens (including phenoxy) is 1. The van der Waals surface area contributed by atoms with Gasteiger partial charge in [-0.1, -0.05) is 6.92 Å². The highest BCUT2D eigenvalue weighted by molar-refractivity contribution is 7.91. The van der Waals surface area contributed by atoms with Gasteiger partial charge in [-0.3, -0.25) is 9.59 Å². The van der Waals surface area contributed by atoms with Crippen LogP contribution in [0.5, 0.6) is 0 Å². The summed E-state index contributed by atoms with van der Waals surface area (Å²) >= 11 is 0. The largest absolute Gasteiger partial charge is 0.452 e. The van der Waals surface area contributed by atoms with Crippen molar-refractivity contribution in [2.24, 2.45) is 0 Å². The van der Waals surface area contributed by atoms with E-state index in [9.17, 15) is 22.8 Å². The molecule has 2 rings (SSSR count). The van der Waals surface area contributed by atoms with Gasteiger partial charge in [-0.25, -0.2) is 13.2 Å². The fourth-order valence-corrected chi connectivity index (χ4v) is 4.89. The van der Waals surface area contributed by atoms with Crippen molar-refractivity contribution in [3.8, 4) is 0 Å². The minimum Gasteiger partial charge on any atom is -0.452 e. The van der Waals surface area contributed by atoms with Gasteiger partial charge >= 0.3 is 5.97 Å². The summed E-state index contributed by atoms with van der Waals surface area (Å²) in [6.45, 7) is 4.70. The van der Waals surface area contributed by atoms with Crippen molar-refractivity contribution in [1.82, 2.24) is 4.90 Å². The molecule has 1 aromatic carbocycles. The van der Waals surface area contributed by atoms with Gasteiger partial charge in [0.1, 0.15) is 0 Å². The molecular weight excluding hydrogens is 384 g/mol. The second-order valence-electron chi connectivity index (χ2n) is 6.95. The first-order valence-electron chi connectivity index (χ1n) is 9.19. The first-order valence-corrected chi connectivity index (χ1v) is 11.0. The molecule has 1 aliphatic rings. The first kappa shape index (κ1) is 21.9. The lowest BCUT2D eigenvalue weighted by atomic mass is 10.1. The van der Waals surface area contributed by atoms with Crippen LogP contribution in [0.15, 0.2) is 24.3 Å². The SMILES string of the molecule is CC[C@@H](C)N(C(=O)COC(=O)c1ccc(NC(C)=O)cc1)[C@H]1CCS(=O)(=O)C1. The summed E-state index contributed by atoms with van der Waals surface area (Å²) in [5.41, 5.74) is 0.797. The Kier molecular flexibility index (Phi) is 7.17. The maximum absolute atomic E-state index is 12.7. The Morgan fingerprint density at radius 1 is 1.25 bits per heavy atom. The zero-order valence-electron chi connectivity index (χ0n) is 16.3. The number of carbonyl (C=O) groups excluding carboxylic acids is 3. The standard InChI is InChI=1S/C19H26N2O6S/c1-4-13(2)21(17-9-10-28(25,26)12-17)18(23)11-27-19(24)15-5-7-16(8-6-15)20-14(3)22/h5-8,13,17H,4,9-12H2,1-3H3,(H,20,22)/t13-,17+/m1/s1. The van der Waals surface area contributed by atoms with Crippen LogP contribution in [-0.4, -0.2) is 61.3 Å². The molecule has 0 bridgehead atoms.